The third-order valence-electron chi connectivity index (χ3n) is 3.64. The molecule has 124 valence electrons. The van der Waals surface area contributed by atoms with Gasteiger partial charge in [0.15, 0.2) is 0 Å². The van der Waals surface area contributed by atoms with Crippen LogP contribution in [0.25, 0.3) is 17.2 Å². The molecule has 0 aliphatic rings. The molecule has 25 heavy (non-hydrogen) atoms. The highest BCUT2D eigenvalue weighted by Gasteiger charge is 2.12. The Morgan fingerprint density at radius 2 is 1.72 bits per heavy atom. The Bertz CT molecular complexity index is 896. The fraction of sp³-hybridized carbons (Fsp3) is 0.0476. The molecule has 3 aromatic rings. The van der Waals surface area contributed by atoms with E-state index in [-0.39, 0.29) is 5.91 Å². The van der Waals surface area contributed by atoms with Crippen molar-refractivity contribution in [3.63, 3.8) is 0 Å². The van der Waals surface area contributed by atoms with Gasteiger partial charge < -0.3 is 0 Å². The number of hydrazone groups is 1. The fourth-order valence-corrected chi connectivity index (χ4v) is 3.34. The van der Waals surface area contributed by atoms with Crippen LogP contribution in [0.5, 0.6) is 0 Å². The van der Waals surface area contributed by atoms with Crippen LogP contribution < -0.4 is 5.43 Å². The first-order valence-corrected chi connectivity index (χ1v) is 8.76. The number of nitrogens with zero attached hydrogens (tertiary/aromatic N) is 1. The molecule has 1 aromatic heterocycles. The van der Waals surface area contributed by atoms with Crippen molar-refractivity contribution in [2.24, 2.45) is 5.10 Å². The third-order valence-corrected chi connectivity index (χ3v) is 4.69. The second-order valence-corrected chi connectivity index (χ2v) is 6.69. The molecule has 0 radical (unpaired) electrons. The largest absolute Gasteiger partial charge is 0.281 e. The number of allylic oxidation sites excluding steroid dienone is 1. The molecule has 2 aromatic carbocycles. The Balaban J connectivity index is 1.62. The smallest absolute Gasteiger partial charge is 0.266 e. The lowest BCUT2D eigenvalue weighted by Gasteiger charge is -1.98. The summed E-state index contributed by atoms with van der Waals surface area (Å²) in [5, 5.41) is 3.97. The van der Waals surface area contributed by atoms with Crippen molar-refractivity contribution in [3.8, 4) is 11.1 Å². The lowest BCUT2D eigenvalue weighted by molar-refractivity contribution is 0.0959. The van der Waals surface area contributed by atoms with E-state index in [2.05, 4.69) is 10.5 Å². The lowest BCUT2D eigenvalue weighted by atomic mass is 10.1. The normalized spacial score (nSPS) is 11.2. The van der Waals surface area contributed by atoms with Gasteiger partial charge in [0.1, 0.15) is 0 Å². The van der Waals surface area contributed by atoms with Gasteiger partial charge in [-0.2, -0.15) is 5.10 Å². The van der Waals surface area contributed by atoms with Crippen molar-refractivity contribution in [3.05, 3.63) is 88.1 Å². The van der Waals surface area contributed by atoms with Crippen molar-refractivity contribution < 1.29 is 4.79 Å². The summed E-state index contributed by atoms with van der Waals surface area (Å²) in [6.45, 7) is 2.02. The predicted molar refractivity (Wildman–Crippen MR) is 106 cm³/mol. The molecule has 1 heterocycles. The molecule has 0 unspecified atom stereocenters. The number of nitrogens with one attached hydrogen (secondary N) is 1. The molecule has 0 bridgehead atoms. The van der Waals surface area contributed by atoms with E-state index in [4.69, 9.17) is 0 Å². The van der Waals surface area contributed by atoms with Gasteiger partial charge in [-0.15, -0.1) is 11.3 Å². The standard InChI is InChI=1S/C21H18N2OS/c1-16-19(18-12-6-3-7-13-18)15-20(25-16)21(24)23-22-14-8-11-17-9-4-2-5-10-17/h2-15H,1H3,(H,23,24). The summed E-state index contributed by atoms with van der Waals surface area (Å²) < 4.78 is 0. The van der Waals surface area contributed by atoms with Gasteiger partial charge in [-0.25, -0.2) is 5.43 Å². The molecule has 0 saturated heterocycles. The number of carbonyl (C=O) groups excluding carboxylic acids is 1. The van der Waals surface area contributed by atoms with Crippen molar-refractivity contribution in [2.45, 2.75) is 6.92 Å². The molecule has 1 N–H and O–H groups in total. The Kier molecular flexibility index (Phi) is 5.54. The maximum atomic E-state index is 12.2. The van der Waals surface area contributed by atoms with Crippen molar-refractivity contribution >= 4 is 29.5 Å². The van der Waals surface area contributed by atoms with Gasteiger partial charge in [-0.05, 0) is 35.8 Å². The van der Waals surface area contributed by atoms with Crippen molar-refractivity contribution in [1.82, 2.24) is 5.43 Å². The summed E-state index contributed by atoms with van der Waals surface area (Å²) in [6.07, 6.45) is 5.30. The predicted octanol–water partition coefficient (Wildman–Crippen LogP) is 5.15. The molecule has 3 nitrogen and oxygen atoms in total. The van der Waals surface area contributed by atoms with Gasteiger partial charge in [0, 0.05) is 11.1 Å². The molecular formula is C21H18N2OS. The van der Waals surface area contributed by atoms with E-state index in [0.29, 0.717) is 4.88 Å². The maximum absolute atomic E-state index is 12.2. The summed E-state index contributed by atoms with van der Waals surface area (Å²) >= 11 is 1.47. The Labute approximate surface area is 151 Å². The first kappa shape index (κ1) is 16.9. The van der Waals surface area contributed by atoms with Crippen molar-refractivity contribution in [2.75, 3.05) is 0 Å². The zero-order chi connectivity index (χ0) is 17.5. The number of carbonyl (C=O) groups is 1. The van der Waals surface area contributed by atoms with Gasteiger partial charge in [-0.1, -0.05) is 66.7 Å². The molecule has 0 atom stereocenters. The maximum Gasteiger partial charge on any atom is 0.281 e. The quantitative estimate of drug-likeness (QED) is 0.503. The van der Waals surface area contributed by atoms with Gasteiger partial charge in [0.2, 0.25) is 0 Å². The lowest BCUT2D eigenvalue weighted by Crippen LogP contribution is -2.15. The molecule has 3 rings (SSSR count). The summed E-state index contributed by atoms with van der Waals surface area (Å²) in [5.41, 5.74) is 5.85. The minimum atomic E-state index is -0.195. The fourth-order valence-electron chi connectivity index (χ4n) is 2.41. The molecule has 0 saturated carbocycles. The Hall–Kier alpha value is -2.98. The number of benzene rings is 2. The average molecular weight is 346 g/mol. The third kappa shape index (κ3) is 4.52. The topological polar surface area (TPSA) is 41.5 Å². The van der Waals surface area contributed by atoms with Gasteiger partial charge in [0.05, 0.1) is 4.88 Å². The van der Waals surface area contributed by atoms with Crippen LogP contribution in [0, 0.1) is 6.92 Å². The zero-order valence-electron chi connectivity index (χ0n) is 13.8. The number of thiophene rings is 1. The van der Waals surface area contributed by atoms with Gasteiger partial charge in [0.25, 0.3) is 5.91 Å². The summed E-state index contributed by atoms with van der Waals surface area (Å²) in [5.74, 6) is -0.195. The van der Waals surface area contributed by atoms with Crippen LogP contribution >= 0.6 is 11.3 Å². The van der Waals surface area contributed by atoms with Crippen LogP contribution in [0.4, 0.5) is 0 Å². The minimum Gasteiger partial charge on any atom is -0.266 e. The summed E-state index contributed by atoms with van der Waals surface area (Å²) in [4.78, 5) is 14.0. The monoisotopic (exact) mass is 346 g/mol. The first-order chi connectivity index (χ1) is 12.2. The van der Waals surface area contributed by atoms with Crippen LogP contribution in [0.3, 0.4) is 0 Å². The van der Waals surface area contributed by atoms with Crippen LogP contribution in [0.15, 0.2) is 77.9 Å². The SMILES string of the molecule is Cc1sc(C(=O)NN=CC=Cc2ccccc2)cc1-c1ccccc1. The first-order valence-electron chi connectivity index (χ1n) is 7.95. The number of hydrogen-bond donors (Lipinski definition) is 1. The van der Waals surface area contributed by atoms with E-state index >= 15 is 0 Å². The second-order valence-electron chi connectivity index (χ2n) is 5.44. The van der Waals surface area contributed by atoms with E-state index in [0.717, 1.165) is 21.6 Å². The van der Waals surface area contributed by atoms with E-state index in [1.807, 2.05) is 79.7 Å². The highest BCUT2D eigenvalue weighted by Crippen LogP contribution is 2.30. The molecule has 0 aliphatic heterocycles. The number of rotatable bonds is 5. The van der Waals surface area contributed by atoms with E-state index < -0.39 is 0 Å². The van der Waals surface area contributed by atoms with Gasteiger partial charge >= 0.3 is 0 Å². The van der Waals surface area contributed by atoms with E-state index in [1.165, 1.54) is 11.3 Å². The van der Waals surface area contributed by atoms with Crippen LogP contribution in [0.2, 0.25) is 0 Å². The number of aryl methyl sites for hydroxylation is 1. The molecular weight excluding hydrogens is 328 g/mol. The number of hydrogen-bond acceptors (Lipinski definition) is 3. The second kappa shape index (κ2) is 8.22. The van der Waals surface area contributed by atoms with E-state index in [9.17, 15) is 4.79 Å². The van der Waals surface area contributed by atoms with E-state index in [1.54, 1.807) is 12.3 Å². The van der Waals surface area contributed by atoms with Crippen LogP contribution in [0.1, 0.15) is 20.1 Å². The molecule has 0 aliphatic carbocycles. The molecule has 0 fully saturated rings. The van der Waals surface area contributed by atoms with Crippen molar-refractivity contribution in [1.29, 1.82) is 0 Å². The van der Waals surface area contributed by atoms with Gasteiger partial charge in [-0.3, -0.25) is 4.79 Å². The van der Waals surface area contributed by atoms with Crippen LogP contribution in [-0.4, -0.2) is 12.1 Å². The summed E-state index contributed by atoms with van der Waals surface area (Å²) in [7, 11) is 0. The average Bonchev–Trinajstić information content (AvgIpc) is 3.05. The molecule has 4 heteroatoms. The molecule has 0 spiro atoms. The highest BCUT2D eigenvalue weighted by atomic mass is 32.1. The number of amides is 1. The minimum absolute atomic E-state index is 0.195. The zero-order valence-corrected chi connectivity index (χ0v) is 14.7. The Morgan fingerprint density at radius 3 is 2.44 bits per heavy atom. The summed E-state index contributed by atoms with van der Waals surface area (Å²) in [6, 6.07) is 21.9. The molecule has 1 amide bonds. The van der Waals surface area contributed by atoms with Crippen LogP contribution in [-0.2, 0) is 0 Å². The highest BCUT2D eigenvalue weighted by molar-refractivity contribution is 7.14. The Morgan fingerprint density at radius 1 is 1.04 bits per heavy atom.